The molecule has 0 aromatic heterocycles. The summed E-state index contributed by atoms with van der Waals surface area (Å²) >= 11 is 0. The van der Waals surface area contributed by atoms with Crippen molar-refractivity contribution in [1.82, 2.24) is 4.90 Å². The Kier molecular flexibility index (Phi) is 8.63. The highest BCUT2D eigenvalue weighted by molar-refractivity contribution is 5.97. The molecule has 0 unspecified atom stereocenters. The Morgan fingerprint density at radius 3 is 2.71 bits per heavy atom. The van der Waals surface area contributed by atoms with Crippen molar-refractivity contribution in [3.8, 4) is 0 Å². The number of hydrogen-bond acceptors (Lipinski definition) is 4. The Labute approximate surface area is 145 Å². The van der Waals surface area contributed by atoms with Gasteiger partial charge in [-0.3, -0.25) is 4.90 Å². The Bertz CT molecular complexity index is 499. The van der Waals surface area contributed by atoms with Crippen LogP contribution >= 0.6 is 0 Å². The lowest BCUT2D eigenvalue weighted by atomic mass is 10.1. The first-order valence-corrected chi connectivity index (χ1v) is 9.17. The number of benzene rings is 1. The first-order valence-electron chi connectivity index (χ1n) is 9.17. The zero-order valence-corrected chi connectivity index (χ0v) is 14.6. The smallest absolute Gasteiger partial charge is 0.170 e. The second kappa shape index (κ2) is 11.0. The molecule has 0 saturated carbocycles. The summed E-state index contributed by atoms with van der Waals surface area (Å²) in [7, 11) is 0. The van der Waals surface area contributed by atoms with Crippen LogP contribution in [-0.4, -0.2) is 42.1 Å². The maximum atomic E-state index is 8.72. The van der Waals surface area contributed by atoms with Gasteiger partial charge in [-0.05, 0) is 56.8 Å². The zero-order valence-electron chi connectivity index (χ0n) is 14.6. The molecule has 24 heavy (non-hydrogen) atoms. The topological polar surface area (TPSA) is 71.1 Å². The lowest BCUT2D eigenvalue weighted by Gasteiger charge is -2.26. The molecular formula is C19H31N3O2. The summed E-state index contributed by atoms with van der Waals surface area (Å²) in [6.45, 7) is 4.19. The van der Waals surface area contributed by atoms with Crippen molar-refractivity contribution in [3.05, 3.63) is 35.4 Å². The Balaban J connectivity index is 1.77. The van der Waals surface area contributed by atoms with Crippen LogP contribution in [0, 0.1) is 0 Å². The summed E-state index contributed by atoms with van der Waals surface area (Å²) in [6, 6.07) is 8.26. The van der Waals surface area contributed by atoms with E-state index in [1.807, 2.05) is 12.1 Å². The van der Waals surface area contributed by atoms with E-state index in [0.717, 1.165) is 37.8 Å². The molecule has 5 nitrogen and oxygen atoms in total. The lowest BCUT2D eigenvalue weighted by Crippen LogP contribution is -2.29. The molecule has 1 heterocycles. The van der Waals surface area contributed by atoms with Crippen molar-refractivity contribution in [3.63, 3.8) is 0 Å². The van der Waals surface area contributed by atoms with Crippen LogP contribution in [0.2, 0.25) is 0 Å². The Hall–Kier alpha value is -1.59. The third-order valence-corrected chi connectivity index (χ3v) is 4.38. The van der Waals surface area contributed by atoms with E-state index < -0.39 is 0 Å². The third kappa shape index (κ3) is 6.89. The van der Waals surface area contributed by atoms with Gasteiger partial charge in [0.25, 0.3) is 0 Å². The number of aliphatic hydroxyl groups is 1. The molecule has 1 aliphatic rings. The van der Waals surface area contributed by atoms with Crippen LogP contribution in [0.1, 0.15) is 56.1 Å². The third-order valence-electron chi connectivity index (χ3n) is 4.38. The van der Waals surface area contributed by atoms with Gasteiger partial charge in [0.15, 0.2) is 5.84 Å². The van der Waals surface area contributed by atoms with Crippen LogP contribution in [0.25, 0.3) is 0 Å². The van der Waals surface area contributed by atoms with Crippen LogP contribution in [0.15, 0.2) is 29.4 Å². The Morgan fingerprint density at radius 1 is 1.12 bits per heavy atom. The summed E-state index contributed by atoms with van der Waals surface area (Å²) < 4.78 is 0. The predicted molar refractivity (Wildman–Crippen MR) is 97.8 cm³/mol. The largest absolute Gasteiger partial charge is 0.396 e. The Morgan fingerprint density at radius 2 is 1.92 bits per heavy atom. The van der Waals surface area contributed by atoms with Gasteiger partial charge < -0.3 is 15.7 Å². The van der Waals surface area contributed by atoms with Gasteiger partial charge in [-0.2, -0.15) is 0 Å². The molecular weight excluding hydrogens is 302 g/mol. The molecule has 0 radical (unpaired) electrons. The highest BCUT2D eigenvalue weighted by Gasteiger charge is 2.11. The van der Waals surface area contributed by atoms with Gasteiger partial charge in [0.1, 0.15) is 6.61 Å². The molecule has 0 amide bonds. The normalized spacial score (nSPS) is 16.3. The molecule has 5 heteroatoms. The number of nitrogens with zero attached hydrogens (tertiary/aromatic N) is 2. The standard InChI is InChI=1S/C19H31N3O2/c20-19(21-24-14-7-2-1-6-13-23)18-10-8-9-17(15-18)16-22-11-4-3-5-12-22/h8-10,15,23H,1-7,11-14,16H2,(H2,20,21). The first-order chi connectivity index (χ1) is 11.8. The minimum Gasteiger partial charge on any atom is -0.396 e. The van der Waals surface area contributed by atoms with E-state index >= 15 is 0 Å². The van der Waals surface area contributed by atoms with E-state index in [2.05, 4.69) is 22.2 Å². The van der Waals surface area contributed by atoms with Crippen LogP contribution in [-0.2, 0) is 11.4 Å². The number of piperidine rings is 1. The van der Waals surface area contributed by atoms with E-state index in [-0.39, 0.29) is 6.61 Å². The van der Waals surface area contributed by atoms with Gasteiger partial charge in [-0.15, -0.1) is 0 Å². The number of likely N-dealkylation sites (tertiary alicyclic amines) is 1. The molecule has 0 bridgehead atoms. The highest BCUT2D eigenvalue weighted by Crippen LogP contribution is 2.14. The minimum atomic E-state index is 0.264. The first kappa shape index (κ1) is 18.7. The summed E-state index contributed by atoms with van der Waals surface area (Å²) in [5.74, 6) is 0.436. The lowest BCUT2D eigenvalue weighted by molar-refractivity contribution is 0.139. The number of hydrogen-bond donors (Lipinski definition) is 2. The summed E-state index contributed by atoms with van der Waals surface area (Å²) in [4.78, 5) is 7.81. The molecule has 0 spiro atoms. The molecule has 2 rings (SSSR count). The second-order valence-corrected chi connectivity index (χ2v) is 6.48. The summed E-state index contributed by atoms with van der Waals surface area (Å²) in [6.07, 6.45) is 7.82. The van der Waals surface area contributed by atoms with E-state index in [0.29, 0.717) is 12.4 Å². The van der Waals surface area contributed by atoms with E-state index in [9.17, 15) is 0 Å². The molecule has 134 valence electrons. The van der Waals surface area contributed by atoms with Crippen LogP contribution in [0.5, 0.6) is 0 Å². The quantitative estimate of drug-likeness (QED) is 0.299. The van der Waals surface area contributed by atoms with Gasteiger partial charge >= 0.3 is 0 Å². The highest BCUT2D eigenvalue weighted by atomic mass is 16.6. The molecule has 1 fully saturated rings. The molecule has 1 aliphatic heterocycles. The fourth-order valence-electron chi connectivity index (χ4n) is 3.00. The fourth-order valence-corrected chi connectivity index (χ4v) is 3.00. The van der Waals surface area contributed by atoms with Crippen molar-refractivity contribution >= 4 is 5.84 Å². The number of amidine groups is 1. The van der Waals surface area contributed by atoms with Crippen molar-refractivity contribution in [2.45, 2.75) is 51.5 Å². The van der Waals surface area contributed by atoms with Crippen LogP contribution in [0.4, 0.5) is 0 Å². The van der Waals surface area contributed by atoms with Crippen molar-refractivity contribution in [2.24, 2.45) is 10.9 Å². The van der Waals surface area contributed by atoms with Gasteiger partial charge in [0.05, 0.1) is 0 Å². The number of aliphatic hydroxyl groups excluding tert-OH is 1. The fraction of sp³-hybridized carbons (Fsp3) is 0.632. The zero-order chi connectivity index (χ0) is 17.0. The maximum Gasteiger partial charge on any atom is 0.170 e. The second-order valence-electron chi connectivity index (χ2n) is 6.48. The molecule has 0 aliphatic carbocycles. The molecule has 0 atom stereocenters. The summed E-state index contributed by atoms with van der Waals surface area (Å²) in [5.41, 5.74) is 8.23. The van der Waals surface area contributed by atoms with Gasteiger partial charge in [0.2, 0.25) is 0 Å². The van der Waals surface area contributed by atoms with Gasteiger partial charge in [-0.25, -0.2) is 0 Å². The van der Waals surface area contributed by atoms with E-state index in [1.165, 1.54) is 37.9 Å². The van der Waals surface area contributed by atoms with Crippen molar-refractivity contribution < 1.29 is 9.94 Å². The van der Waals surface area contributed by atoms with Crippen molar-refractivity contribution in [2.75, 3.05) is 26.3 Å². The molecule has 1 saturated heterocycles. The molecule has 3 N–H and O–H groups in total. The molecule has 1 aromatic carbocycles. The number of rotatable bonds is 10. The SMILES string of the molecule is N/C(=N\OCCCCCCO)c1cccc(CN2CCCCC2)c1. The average molecular weight is 333 g/mol. The van der Waals surface area contributed by atoms with Gasteiger partial charge in [-0.1, -0.05) is 36.2 Å². The van der Waals surface area contributed by atoms with Crippen LogP contribution in [0.3, 0.4) is 0 Å². The van der Waals surface area contributed by atoms with Crippen LogP contribution < -0.4 is 5.73 Å². The number of oxime groups is 1. The van der Waals surface area contributed by atoms with E-state index in [1.54, 1.807) is 0 Å². The number of nitrogens with two attached hydrogens (primary N) is 1. The average Bonchev–Trinajstić information content (AvgIpc) is 2.62. The summed E-state index contributed by atoms with van der Waals surface area (Å²) in [5, 5.41) is 12.8. The van der Waals surface area contributed by atoms with E-state index in [4.69, 9.17) is 15.7 Å². The molecule has 1 aromatic rings. The number of unbranched alkanes of at least 4 members (excludes halogenated alkanes) is 3. The minimum absolute atomic E-state index is 0.264. The van der Waals surface area contributed by atoms with Crippen molar-refractivity contribution in [1.29, 1.82) is 0 Å². The monoisotopic (exact) mass is 333 g/mol. The maximum absolute atomic E-state index is 8.72. The predicted octanol–water partition coefficient (Wildman–Crippen LogP) is 2.86. The van der Waals surface area contributed by atoms with Gasteiger partial charge in [0, 0.05) is 18.7 Å².